The van der Waals surface area contributed by atoms with Gasteiger partial charge in [-0.3, -0.25) is 4.79 Å². The van der Waals surface area contributed by atoms with E-state index in [1.807, 2.05) is 0 Å². The maximum absolute atomic E-state index is 12.0. The van der Waals surface area contributed by atoms with Crippen molar-refractivity contribution in [2.75, 3.05) is 5.32 Å². The van der Waals surface area contributed by atoms with E-state index in [-0.39, 0.29) is 26.4 Å². The maximum Gasteiger partial charge on any atom is 0.259 e. The van der Waals surface area contributed by atoms with Crippen molar-refractivity contribution in [3.63, 3.8) is 0 Å². The third-order valence-corrected chi connectivity index (χ3v) is 3.59. The van der Waals surface area contributed by atoms with Crippen molar-refractivity contribution in [1.82, 2.24) is 0 Å². The van der Waals surface area contributed by atoms with Gasteiger partial charge in [0.05, 0.1) is 20.6 Å². The standard InChI is InChI=1S/C13H8Cl3NO2/c14-9-5-7(6-10(15)12(9)16)17-13(19)8-3-1-2-4-11(8)18/h1-6,18H,(H,17,19). The van der Waals surface area contributed by atoms with Crippen LogP contribution in [-0.4, -0.2) is 11.0 Å². The second-order valence-corrected chi connectivity index (χ2v) is 4.92. The van der Waals surface area contributed by atoms with Crippen LogP contribution in [-0.2, 0) is 0 Å². The first-order chi connectivity index (χ1) is 8.99. The summed E-state index contributed by atoms with van der Waals surface area (Å²) in [6.45, 7) is 0. The van der Waals surface area contributed by atoms with Crippen LogP contribution in [0.1, 0.15) is 10.4 Å². The number of nitrogens with one attached hydrogen (secondary N) is 1. The zero-order valence-electron chi connectivity index (χ0n) is 9.45. The topological polar surface area (TPSA) is 49.3 Å². The molecule has 0 aliphatic rings. The van der Waals surface area contributed by atoms with Gasteiger partial charge >= 0.3 is 0 Å². The first kappa shape index (κ1) is 14.0. The second-order valence-electron chi connectivity index (χ2n) is 3.73. The van der Waals surface area contributed by atoms with Crippen LogP contribution in [0.3, 0.4) is 0 Å². The fourth-order valence-electron chi connectivity index (χ4n) is 1.49. The molecule has 6 heteroatoms. The molecule has 0 atom stereocenters. The quantitative estimate of drug-likeness (QED) is 0.795. The van der Waals surface area contributed by atoms with Crippen LogP contribution in [0, 0.1) is 0 Å². The lowest BCUT2D eigenvalue weighted by Crippen LogP contribution is -2.12. The summed E-state index contributed by atoms with van der Waals surface area (Å²) in [5.74, 6) is -0.571. The number of carbonyl (C=O) groups is 1. The van der Waals surface area contributed by atoms with Crippen LogP contribution in [0.15, 0.2) is 36.4 Å². The lowest BCUT2D eigenvalue weighted by Gasteiger charge is -2.08. The average molecular weight is 317 g/mol. The van der Waals surface area contributed by atoms with Crippen molar-refractivity contribution >= 4 is 46.4 Å². The summed E-state index contributed by atoms with van der Waals surface area (Å²) in [5, 5.41) is 12.9. The predicted molar refractivity (Wildman–Crippen MR) is 77.5 cm³/mol. The number of aromatic hydroxyl groups is 1. The Kier molecular flexibility index (Phi) is 4.20. The third-order valence-electron chi connectivity index (χ3n) is 2.39. The monoisotopic (exact) mass is 315 g/mol. The normalized spacial score (nSPS) is 10.3. The highest BCUT2D eigenvalue weighted by Crippen LogP contribution is 2.33. The van der Waals surface area contributed by atoms with Crippen molar-refractivity contribution in [2.24, 2.45) is 0 Å². The largest absolute Gasteiger partial charge is 0.507 e. The lowest BCUT2D eigenvalue weighted by atomic mass is 10.2. The summed E-state index contributed by atoms with van der Waals surface area (Å²) in [4.78, 5) is 12.0. The van der Waals surface area contributed by atoms with Crippen LogP contribution in [0.2, 0.25) is 15.1 Å². The Morgan fingerprint density at radius 3 is 2.21 bits per heavy atom. The molecule has 98 valence electrons. The van der Waals surface area contributed by atoms with Gasteiger partial charge in [-0.25, -0.2) is 0 Å². The summed E-state index contributed by atoms with van der Waals surface area (Å²) in [6.07, 6.45) is 0. The van der Waals surface area contributed by atoms with Crippen molar-refractivity contribution in [3.8, 4) is 5.75 Å². The zero-order valence-corrected chi connectivity index (χ0v) is 11.7. The van der Waals surface area contributed by atoms with Crippen molar-refractivity contribution < 1.29 is 9.90 Å². The smallest absolute Gasteiger partial charge is 0.259 e. The third kappa shape index (κ3) is 3.13. The Morgan fingerprint density at radius 1 is 1.05 bits per heavy atom. The molecule has 0 aromatic heterocycles. The molecule has 0 saturated carbocycles. The number of anilines is 1. The van der Waals surface area contributed by atoms with Crippen LogP contribution < -0.4 is 5.32 Å². The van der Waals surface area contributed by atoms with Gasteiger partial charge in [0.25, 0.3) is 5.91 Å². The van der Waals surface area contributed by atoms with E-state index < -0.39 is 5.91 Å². The van der Waals surface area contributed by atoms with Gasteiger partial charge in [-0.15, -0.1) is 0 Å². The number of halogens is 3. The molecule has 0 fully saturated rings. The molecule has 2 aromatic rings. The molecule has 0 spiro atoms. The lowest BCUT2D eigenvalue weighted by molar-refractivity contribution is 0.102. The molecule has 1 amide bonds. The number of amides is 1. The molecule has 0 saturated heterocycles. The minimum atomic E-state index is -0.465. The number of hydrogen-bond donors (Lipinski definition) is 2. The SMILES string of the molecule is O=C(Nc1cc(Cl)c(Cl)c(Cl)c1)c1ccccc1O. The van der Waals surface area contributed by atoms with Crippen LogP contribution in [0.25, 0.3) is 0 Å². The van der Waals surface area contributed by atoms with Crippen LogP contribution in [0.4, 0.5) is 5.69 Å². The Morgan fingerprint density at radius 2 is 1.63 bits per heavy atom. The van der Waals surface area contributed by atoms with Gasteiger partial charge in [0, 0.05) is 5.69 Å². The van der Waals surface area contributed by atoms with Gasteiger partial charge in [-0.1, -0.05) is 46.9 Å². The summed E-state index contributed by atoms with van der Waals surface area (Å²) in [6, 6.07) is 9.17. The molecule has 2 N–H and O–H groups in total. The molecule has 0 bridgehead atoms. The van der Waals surface area contributed by atoms with E-state index in [1.165, 1.54) is 24.3 Å². The van der Waals surface area contributed by atoms with Gasteiger partial charge in [0.1, 0.15) is 5.75 Å². The molecule has 0 radical (unpaired) electrons. The Labute approximate surface area is 124 Å². The Balaban J connectivity index is 2.27. The highest BCUT2D eigenvalue weighted by Gasteiger charge is 2.12. The molecular formula is C13H8Cl3NO2. The van der Waals surface area contributed by atoms with Gasteiger partial charge in [-0.05, 0) is 24.3 Å². The van der Waals surface area contributed by atoms with Gasteiger partial charge in [-0.2, -0.15) is 0 Å². The van der Waals surface area contributed by atoms with Crippen molar-refractivity contribution in [3.05, 3.63) is 57.0 Å². The fourth-order valence-corrected chi connectivity index (χ4v) is 2.09. The summed E-state index contributed by atoms with van der Waals surface area (Å²) in [7, 11) is 0. The number of carbonyl (C=O) groups excluding carboxylic acids is 1. The highest BCUT2D eigenvalue weighted by atomic mass is 35.5. The minimum absolute atomic E-state index is 0.105. The van der Waals surface area contributed by atoms with E-state index >= 15 is 0 Å². The number of para-hydroxylation sites is 1. The first-order valence-corrected chi connectivity index (χ1v) is 6.36. The average Bonchev–Trinajstić information content (AvgIpc) is 2.36. The van der Waals surface area contributed by atoms with Crippen molar-refractivity contribution in [1.29, 1.82) is 0 Å². The summed E-state index contributed by atoms with van der Waals surface area (Å²) in [5.41, 5.74) is 0.553. The summed E-state index contributed by atoms with van der Waals surface area (Å²) >= 11 is 17.5. The molecule has 2 rings (SSSR count). The van der Waals surface area contributed by atoms with Gasteiger partial charge in [0.2, 0.25) is 0 Å². The highest BCUT2D eigenvalue weighted by molar-refractivity contribution is 6.48. The number of phenolic OH excluding ortho intramolecular Hbond substituents is 1. The molecule has 0 aliphatic heterocycles. The molecular weight excluding hydrogens is 309 g/mol. The number of rotatable bonds is 2. The van der Waals surface area contributed by atoms with E-state index in [2.05, 4.69) is 5.32 Å². The Bertz CT molecular complexity index is 621. The van der Waals surface area contributed by atoms with Gasteiger partial charge in [0.15, 0.2) is 0 Å². The Hall–Kier alpha value is -1.42. The maximum atomic E-state index is 12.0. The van der Waals surface area contributed by atoms with E-state index in [9.17, 15) is 9.90 Å². The minimum Gasteiger partial charge on any atom is -0.507 e. The van der Waals surface area contributed by atoms with E-state index in [1.54, 1.807) is 12.1 Å². The van der Waals surface area contributed by atoms with E-state index in [4.69, 9.17) is 34.8 Å². The van der Waals surface area contributed by atoms with Crippen LogP contribution in [0.5, 0.6) is 5.75 Å². The molecule has 0 unspecified atom stereocenters. The fraction of sp³-hybridized carbons (Fsp3) is 0. The van der Waals surface area contributed by atoms with E-state index in [0.29, 0.717) is 5.69 Å². The van der Waals surface area contributed by atoms with Crippen molar-refractivity contribution in [2.45, 2.75) is 0 Å². The first-order valence-electron chi connectivity index (χ1n) is 5.23. The van der Waals surface area contributed by atoms with E-state index in [0.717, 1.165) is 0 Å². The number of phenols is 1. The predicted octanol–water partition coefficient (Wildman–Crippen LogP) is 4.60. The zero-order chi connectivity index (χ0) is 14.0. The number of benzene rings is 2. The molecule has 3 nitrogen and oxygen atoms in total. The summed E-state index contributed by atoms with van der Waals surface area (Å²) < 4.78 is 0. The molecule has 0 aliphatic carbocycles. The molecule has 2 aromatic carbocycles. The van der Waals surface area contributed by atoms with Crippen LogP contribution >= 0.6 is 34.8 Å². The number of hydrogen-bond acceptors (Lipinski definition) is 2. The van der Waals surface area contributed by atoms with Gasteiger partial charge < -0.3 is 10.4 Å². The molecule has 0 heterocycles. The molecule has 19 heavy (non-hydrogen) atoms. The second kappa shape index (κ2) is 5.70.